The smallest absolute Gasteiger partial charge is 0.0945 e. The Bertz CT molecular complexity index is 585. The van der Waals surface area contributed by atoms with Gasteiger partial charge in [0.2, 0.25) is 0 Å². The Hall–Kier alpha value is -1.39. The number of benzene rings is 1. The monoisotopic (exact) mass is 315 g/mol. The first-order chi connectivity index (χ1) is 10.7. The molecule has 2 aromatic rings. The lowest BCUT2D eigenvalue weighted by atomic mass is 9.94. The number of nitrogens with zero attached hydrogens (tertiary/aromatic N) is 2. The molecule has 0 bridgehead atoms. The first-order valence-corrected chi connectivity index (χ1v) is 9.11. The molecule has 0 spiro atoms. The molecule has 0 aliphatic heterocycles. The third kappa shape index (κ3) is 3.87. The van der Waals surface area contributed by atoms with Gasteiger partial charge >= 0.3 is 0 Å². The molecule has 0 radical (unpaired) electrons. The van der Waals surface area contributed by atoms with Crippen molar-refractivity contribution in [3.63, 3.8) is 0 Å². The Morgan fingerprint density at radius 1 is 1.18 bits per heavy atom. The van der Waals surface area contributed by atoms with Crippen molar-refractivity contribution in [3.8, 4) is 11.3 Å². The van der Waals surface area contributed by atoms with Crippen molar-refractivity contribution in [2.24, 2.45) is 0 Å². The Kier molecular flexibility index (Phi) is 5.11. The van der Waals surface area contributed by atoms with Gasteiger partial charge in [0.05, 0.1) is 10.7 Å². The second-order valence-electron chi connectivity index (χ2n) is 6.27. The minimum Gasteiger partial charge on any atom is -0.399 e. The van der Waals surface area contributed by atoms with E-state index in [0.717, 1.165) is 36.0 Å². The van der Waals surface area contributed by atoms with E-state index >= 15 is 0 Å². The van der Waals surface area contributed by atoms with Crippen LogP contribution in [0.25, 0.3) is 11.3 Å². The summed E-state index contributed by atoms with van der Waals surface area (Å²) in [6.07, 6.45) is 7.99. The number of nitrogens with two attached hydrogens (primary N) is 1. The van der Waals surface area contributed by atoms with Crippen LogP contribution in [0.2, 0.25) is 0 Å². The molecular formula is C18H25N3S. The molecule has 2 N–H and O–H groups in total. The van der Waals surface area contributed by atoms with Crippen LogP contribution in [-0.2, 0) is 6.42 Å². The fraction of sp³-hybridized carbons (Fsp3) is 0.500. The summed E-state index contributed by atoms with van der Waals surface area (Å²) in [6, 6.07) is 8.74. The molecule has 1 aromatic carbocycles. The summed E-state index contributed by atoms with van der Waals surface area (Å²) < 4.78 is 0. The van der Waals surface area contributed by atoms with Crippen molar-refractivity contribution < 1.29 is 0 Å². The van der Waals surface area contributed by atoms with Crippen LogP contribution in [0.15, 0.2) is 29.6 Å². The van der Waals surface area contributed by atoms with E-state index in [2.05, 4.69) is 17.3 Å². The zero-order valence-corrected chi connectivity index (χ0v) is 14.1. The van der Waals surface area contributed by atoms with Crippen LogP contribution in [-0.4, -0.2) is 29.5 Å². The topological polar surface area (TPSA) is 42.2 Å². The van der Waals surface area contributed by atoms with E-state index in [1.165, 1.54) is 37.1 Å². The zero-order chi connectivity index (χ0) is 15.4. The lowest BCUT2D eigenvalue weighted by Gasteiger charge is -2.30. The average molecular weight is 315 g/mol. The van der Waals surface area contributed by atoms with Crippen molar-refractivity contribution in [1.82, 2.24) is 9.88 Å². The van der Waals surface area contributed by atoms with Gasteiger partial charge in [-0.15, -0.1) is 11.3 Å². The number of rotatable bonds is 5. The van der Waals surface area contributed by atoms with E-state index in [9.17, 15) is 0 Å². The molecule has 1 fully saturated rings. The standard InChI is InChI=1S/C18H25N3S/c1-21(16-5-3-2-4-6-16)12-11-18-20-17(13-22-18)14-7-9-15(19)10-8-14/h7-10,13,16H,2-6,11-12,19H2,1H3. The number of nitrogen functional groups attached to an aromatic ring is 1. The molecule has 4 heteroatoms. The SMILES string of the molecule is CN(CCc1nc(-c2ccc(N)cc2)cs1)C1CCCCC1. The molecule has 118 valence electrons. The molecule has 0 atom stereocenters. The molecule has 0 saturated heterocycles. The number of likely N-dealkylation sites (N-methyl/N-ethyl adjacent to an activating group) is 1. The molecule has 1 aromatic heterocycles. The van der Waals surface area contributed by atoms with Gasteiger partial charge in [0.1, 0.15) is 0 Å². The third-order valence-corrected chi connectivity index (χ3v) is 5.54. The Morgan fingerprint density at radius 2 is 1.91 bits per heavy atom. The highest BCUT2D eigenvalue weighted by Gasteiger charge is 2.17. The molecule has 0 amide bonds. The summed E-state index contributed by atoms with van der Waals surface area (Å²) in [5.74, 6) is 0. The number of aromatic nitrogens is 1. The van der Waals surface area contributed by atoms with E-state index in [1.807, 2.05) is 24.3 Å². The predicted molar refractivity (Wildman–Crippen MR) is 95.2 cm³/mol. The van der Waals surface area contributed by atoms with Crippen LogP contribution < -0.4 is 5.73 Å². The van der Waals surface area contributed by atoms with Crippen LogP contribution in [0, 0.1) is 0 Å². The van der Waals surface area contributed by atoms with Gasteiger partial charge < -0.3 is 10.6 Å². The van der Waals surface area contributed by atoms with Gasteiger partial charge in [-0.2, -0.15) is 0 Å². The van der Waals surface area contributed by atoms with Gasteiger partial charge in [-0.1, -0.05) is 31.4 Å². The normalized spacial score (nSPS) is 16.3. The number of anilines is 1. The molecule has 1 aliphatic carbocycles. The maximum atomic E-state index is 5.74. The Labute approximate surface area is 137 Å². The van der Waals surface area contributed by atoms with Crippen LogP contribution in [0.4, 0.5) is 5.69 Å². The van der Waals surface area contributed by atoms with Gasteiger partial charge in [0.15, 0.2) is 0 Å². The number of hydrogen-bond acceptors (Lipinski definition) is 4. The molecule has 3 nitrogen and oxygen atoms in total. The van der Waals surface area contributed by atoms with Crippen molar-refractivity contribution in [2.75, 3.05) is 19.3 Å². The Balaban J connectivity index is 1.56. The maximum absolute atomic E-state index is 5.74. The summed E-state index contributed by atoms with van der Waals surface area (Å²) in [5, 5.41) is 3.39. The van der Waals surface area contributed by atoms with Crippen molar-refractivity contribution in [3.05, 3.63) is 34.7 Å². The van der Waals surface area contributed by atoms with Gasteiger partial charge in [-0.3, -0.25) is 0 Å². The van der Waals surface area contributed by atoms with E-state index < -0.39 is 0 Å². The number of thiazole rings is 1. The zero-order valence-electron chi connectivity index (χ0n) is 13.3. The summed E-state index contributed by atoms with van der Waals surface area (Å²) in [4.78, 5) is 7.31. The maximum Gasteiger partial charge on any atom is 0.0945 e. The quantitative estimate of drug-likeness (QED) is 0.841. The lowest BCUT2D eigenvalue weighted by molar-refractivity contribution is 0.194. The van der Waals surface area contributed by atoms with E-state index in [-0.39, 0.29) is 0 Å². The third-order valence-electron chi connectivity index (χ3n) is 4.63. The largest absolute Gasteiger partial charge is 0.399 e. The van der Waals surface area contributed by atoms with Crippen molar-refractivity contribution in [2.45, 2.75) is 44.6 Å². The average Bonchev–Trinajstić information content (AvgIpc) is 3.03. The van der Waals surface area contributed by atoms with Crippen LogP contribution in [0.3, 0.4) is 0 Å². The summed E-state index contributed by atoms with van der Waals surface area (Å²) in [5.41, 5.74) is 8.76. The lowest BCUT2D eigenvalue weighted by Crippen LogP contribution is -2.34. The molecule has 1 saturated carbocycles. The number of hydrogen-bond donors (Lipinski definition) is 1. The first-order valence-electron chi connectivity index (χ1n) is 8.23. The molecular weight excluding hydrogens is 290 g/mol. The summed E-state index contributed by atoms with van der Waals surface area (Å²) in [7, 11) is 2.27. The minimum atomic E-state index is 0.783. The van der Waals surface area contributed by atoms with Crippen molar-refractivity contribution in [1.29, 1.82) is 0 Å². The van der Waals surface area contributed by atoms with Gasteiger partial charge in [0, 0.05) is 35.6 Å². The summed E-state index contributed by atoms with van der Waals surface area (Å²) >= 11 is 1.77. The van der Waals surface area contributed by atoms with Gasteiger partial charge in [-0.05, 0) is 32.0 Å². The molecule has 1 aliphatic rings. The second kappa shape index (κ2) is 7.25. The highest BCUT2D eigenvalue weighted by Crippen LogP contribution is 2.24. The van der Waals surface area contributed by atoms with E-state index in [4.69, 9.17) is 10.7 Å². The van der Waals surface area contributed by atoms with E-state index in [0.29, 0.717) is 0 Å². The molecule has 1 heterocycles. The van der Waals surface area contributed by atoms with Gasteiger partial charge in [-0.25, -0.2) is 4.98 Å². The summed E-state index contributed by atoms with van der Waals surface area (Å²) in [6.45, 7) is 1.11. The minimum absolute atomic E-state index is 0.783. The highest BCUT2D eigenvalue weighted by molar-refractivity contribution is 7.09. The van der Waals surface area contributed by atoms with Crippen LogP contribution >= 0.6 is 11.3 Å². The second-order valence-corrected chi connectivity index (χ2v) is 7.21. The van der Waals surface area contributed by atoms with E-state index in [1.54, 1.807) is 11.3 Å². The van der Waals surface area contributed by atoms with Crippen LogP contribution in [0.5, 0.6) is 0 Å². The predicted octanol–water partition coefficient (Wildman–Crippen LogP) is 4.20. The molecule has 0 unspecified atom stereocenters. The van der Waals surface area contributed by atoms with Gasteiger partial charge in [0.25, 0.3) is 0 Å². The highest BCUT2D eigenvalue weighted by atomic mass is 32.1. The van der Waals surface area contributed by atoms with Crippen molar-refractivity contribution >= 4 is 17.0 Å². The fourth-order valence-electron chi connectivity index (χ4n) is 3.19. The van der Waals surface area contributed by atoms with Crippen LogP contribution in [0.1, 0.15) is 37.1 Å². The first kappa shape index (κ1) is 15.5. The molecule has 3 rings (SSSR count). The molecule has 22 heavy (non-hydrogen) atoms. The Morgan fingerprint density at radius 3 is 2.64 bits per heavy atom. The fourth-order valence-corrected chi connectivity index (χ4v) is 3.99.